The number of carbonyl (C=O) groups excluding carboxylic acids is 1. The van der Waals surface area contributed by atoms with Crippen LogP contribution in [0.1, 0.15) is 48.9 Å². The van der Waals surface area contributed by atoms with Gasteiger partial charge < -0.3 is 14.8 Å². The Hall–Kier alpha value is -1.43. The molecule has 0 unspecified atom stereocenters. The summed E-state index contributed by atoms with van der Waals surface area (Å²) in [6, 6.07) is 10.1. The Balaban J connectivity index is 1.29. The van der Waals surface area contributed by atoms with Crippen LogP contribution in [0.5, 0.6) is 0 Å². The molecule has 5 nitrogen and oxygen atoms in total. The van der Waals surface area contributed by atoms with Crippen molar-refractivity contribution < 1.29 is 14.3 Å². The molecule has 0 aromatic heterocycles. The average Bonchev–Trinajstić information content (AvgIpc) is 3.10. The Morgan fingerprint density at radius 1 is 1.15 bits per heavy atom. The molecule has 1 N–H and O–H groups in total. The monoisotopic (exact) mass is 358 g/mol. The fourth-order valence-electron chi connectivity index (χ4n) is 4.70. The lowest BCUT2D eigenvalue weighted by Gasteiger charge is -2.40. The summed E-state index contributed by atoms with van der Waals surface area (Å²) in [5.74, 6) is -0.0101. The molecule has 3 heterocycles. The third kappa shape index (κ3) is 4.11. The minimum Gasteiger partial charge on any atom is -0.381 e. The molecule has 0 radical (unpaired) electrons. The van der Waals surface area contributed by atoms with E-state index in [0.717, 1.165) is 58.4 Å². The third-order valence-electron chi connectivity index (χ3n) is 6.15. The van der Waals surface area contributed by atoms with Crippen molar-refractivity contribution in [3.8, 4) is 0 Å². The van der Waals surface area contributed by atoms with Crippen molar-refractivity contribution in [2.45, 2.75) is 56.3 Å². The van der Waals surface area contributed by atoms with Gasteiger partial charge in [0.25, 0.3) is 5.91 Å². The minimum absolute atomic E-state index is 0.00129. The second-order valence-corrected chi connectivity index (χ2v) is 7.96. The van der Waals surface area contributed by atoms with Gasteiger partial charge in [0.1, 0.15) is 0 Å². The molecule has 142 valence electrons. The third-order valence-corrected chi connectivity index (χ3v) is 6.15. The number of benzene rings is 1. The van der Waals surface area contributed by atoms with E-state index in [1.165, 1.54) is 6.42 Å². The molecule has 3 aliphatic heterocycles. The van der Waals surface area contributed by atoms with Crippen molar-refractivity contribution in [2.24, 2.45) is 0 Å². The van der Waals surface area contributed by atoms with Crippen LogP contribution in [0.4, 0.5) is 0 Å². The zero-order valence-corrected chi connectivity index (χ0v) is 15.5. The van der Waals surface area contributed by atoms with Gasteiger partial charge in [-0.15, -0.1) is 0 Å². The van der Waals surface area contributed by atoms with Crippen LogP contribution < -0.4 is 5.32 Å². The van der Waals surface area contributed by atoms with Gasteiger partial charge >= 0.3 is 0 Å². The lowest BCUT2D eigenvalue weighted by molar-refractivity contribution is -0.121. The van der Waals surface area contributed by atoms with Crippen LogP contribution in [0.25, 0.3) is 0 Å². The molecule has 0 saturated carbocycles. The molecule has 2 atom stereocenters. The number of hydrogen-bond donors (Lipinski definition) is 1. The number of nitrogens with one attached hydrogen (secondary N) is 1. The molecule has 1 aromatic rings. The van der Waals surface area contributed by atoms with Crippen molar-refractivity contribution in [1.29, 1.82) is 0 Å². The number of amides is 1. The van der Waals surface area contributed by atoms with Crippen LogP contribution in [-0.4, -0.2) is 61.4 Å². The molecule has 3 fully saturated rings. The van der Waals surface area contributed by atoms with Crippen molar-refractivity contribution in [1.82, 2.24) is 10.2 Å². The quantitative estimate of drug-likeness (QED) is 0.899. The van der Waals surface area contributed by atoms with Crippen LogP contribution in [0, 0.1) is 0 Å². The van der Waals surface area contributed by atoms with Crippen LogP contribution in [-0.2, 0) is 9.47 Å². The summed E-state index contributed by atoms with van der Waals surface area (Å²) in [6.45, 7) is 4.56. The van der Waals surface area contributed by atoms with Gasteiger partial charge in [-0.25, -0.2) is 0 Å². The van der Waals surface area contributed by atoms with Gasteiger partial charge in [-0.05, 0) is 50.7 Å². The van der Waals surface area contributed by atoms with Crippen LogP contribution in [0.2, 0.25) is 0 Å². The zero-order chi connectivity index (χ0) is 17.8. The molecule has 3 saturated heterocycles. The van der Waals surface area contributed by atoms with E-state index in [4.69, 9.17) is 9.47 Å². The second-order valence-electron chi connectivity index (χ2n) is 7.96. The van der Waals surface area contributed by atoms with E-state index >= 15 is 0 Å². The standard InChI is InChI=1S/C21H30N2O3/c24-20(17-5-2-1-3-6-17)22-15-19-7-4-10-21(26-19)11-12-23(16-21)18-8-13-25-14-9-18/h1-3,5-6,18-19H,4,7-16H2,(H,22,24)/t19-,21+/m0/s1. The summed E-state index contributed by atoms with van der Waals surface area (Å²) < 4.78 is 12.1. The highest BCUT2D eigenvalue weighted by Gasteiger charge is 2.44. The summed E-state index contributed by atoms with van der Waals surface area (Å²) >= 11 is 0. The SMILES string of the molecule is O=C(NC[C@@H]1CCC[C@]2(CCN(C3CCOCC3)C2)O1)c1ccccc1. The summed E-state index contributed by atoms with van der Waals surface area (Å²) in [5.41, 5.74) is 0.711. The van der Waals surface area contributed by atoms with Gasteiger partial charge in [-0.1, -0.05) is 18.2 Å². The lowest BCUT2D eigenvalue weighted by atomic mass is 9.90. The van der Waals surface area contributed by atoms with Gasteiger partial charge in [-0.3, -0.25) is 9.69 Å². The maximum atomic E-state index is 12.3. The van der Waals surface area contributed by atoms with Crippen LogP contribution >= 0.6 is 0 Å². The highest BCUT2D eigenvalue weighted by Crippen LogP contribution is 2.38. The fraction of sp³-hybridized carbons (Fsp3) is 0.667. The maximum Gasteiger partial charge on any atom is 0.251 e. The number of likely N-dealkylation sites (tertiary alicyclic amines) is 1. The summed E-state index contributed by atoms with van der Waals surface area (Å²) in [6.07, 6.45) is 6.91. The van der Waals surface area contributed by atoms with Crippen molar-refractivity contribution >= 4 is 5.91 Å². The van der Waals surface area contributed by atoms with Gasteiger partial charge in [0, 0.05) is 44.5 Å². The number of hydrogen-bond acceptors (Lipinski definition) is 4. The first kappa shape index (κ1) is 18.0. The Labute approximate surface area is 156 Å². The molecule has 1 amide bonds. The molecule has 0 aliphatic carbocycles. The lowest BCUT2D eigenvalue weighted by Crippen LogP contribution is -2.48. The molecule has 3 aliphatic rings. The summed E-state index contributed by atoms with van der Waals surface area (Å²) in [4.78, 5) is 14.9. The molecule has 5 heteroatoms. The molecule has 26 heavy (non-hydrogen) atoms. The first-order valence-electron chi connectivity index (χ1n) is 10.1. The van der Waals surface area contributed by atoms with E-state index < -0.39 is 0 Å². The Kier molecular flexibility index (Phi) is 5.57. The Morgan fingerprint density at radius 2 is 1.96 bits per heavy atom. The van der Waals surface area contributed by atoms with Gasteiger partial charge in [0.2, 0.25) is 0 Å². The van der Waals surface area contributed by atoms with Crippen molar-refractivity contribution in [3.05, 3.63) is 35.9 Å². The summed E-state index contributed by atoms with van der Waals surface area (Å²) in [7, 11) is 0. The molecular formula is C21H30N2O3. The Morgan fingerprint density at radius 3 is 2.77 bits per heavy atom. The van der Waals surface area contributed by atoms with Gasteiger partial charge in [0.05, 0.1) is 11.7 Å². The van der Waals surface area contributed by atoms with Gasteiger partial charge in [0.15, 0.2) is 0 Å². The second kappa shape index (κ2) is 8.07. The highest BCUT2D eigenvalue weighted by atomic mass is 16.5. The van der Waals surface area contributed by atoms with E-state index in [9.17, 15) is 4.79 Å². The first-order chi connectivity index (χ1) is 12.7. The van der Waals surface area contributed by atoms with Crippen molar-refractivity contribution in [3.63, 3.8) is 0 Å². The maximum absolute atomic E-state index is 12.3. The largest absolute Gasteiger partial charge is 0.381 e. The van der Waals surface area contributed by atoms with Crippen LogP contribution in [0.15, 0.2) is 30.3 Å². The summed E-state index contributed by atoms with van der Waals surface area (Å²) in [5, 5.41) is 3.06. The van der Waals surface area contributed by atoms with Crippen LogP contribution in [0.3, 0.4) is 0 Å². The van der Waals surface area contributed by atoms with Crippen molar-refractivity contribution in [2.75, 3.05) is 32.8 Å². The average molecular weight is 358 g/mol. The topological polar surface area (TPSA) is 50.8 Å². The number of carbonyl (C=O) groups is 1. The molecule has 4 rings (SSSR count). The highest BCUT2D eigenvalue weighted by molar-refractivity contribution is 5.94. The predicted octanol–water partition coefficient (Wildman–Crippen LogP) is 2.61. The van der Waals surface area contributed by atoms with E-state index in [1.807, 2.05) is 30.3 Å². The van der Waals surface area contributed by atoms with E-state index in [2.05, 4.69) is 10.2 Å². The van der Waals surface area contributed by atoms with E-state index in [0.29, 0.717) is 18.2 Å². The molecule has 0 bridgehead atoms. The molecular weight excluding hydrogens is 328 g/mol. The molecule has 1 spiro atoms. The molecule has 1 aromatic carbocycles. The zero-order valence-electron chi connectivity index (χ0n) is 15.5. The minimum atomic E-state index is -0.0101. The first-order valence-corrected chi connectivity index (χ1v) is 10.1. The van der Waals surface area contributed by atoms with E-state index in [-0.39, 0.29) is 17.6 Å². The smallest absolute Gasteiger partial charge is 0.251 e. The number of rotatable bonds is 4. The van der Waals surface area contributed by atoms with E-state index in [1.54, 1.807) is 0 Å². The number of ether oxygens (including phenoxy) is 2. The van der Waals surface area contributed by atoms with Gasteiger partial charge in [-0.2, -0.15) is 0 Å². The normalized spacial score (nSPS) is 30.5. The fourth-order valence-corrected chi connectivity index (χ4v) is 4.70. The Bertz CT molecular complexity index is 603. The predicted molar refractivity (Wildman–Crippen MR) is 100 cm³/mol. The number of nitrogens with zero attached hydrogens (tertiary/aromatic N) is 1.